The smallest absolute Gasteiger partial charge is 0.191 e. The largest absolute Gasteiger partial charge is 0.497 e. The highest BCUT2D eigenvalue weighted by Gasteiger charge is 2.12. The molecule has 1 unspecified atom stereocenters. The molecule has 0 aliphatic carbocycles. The second-order valence-corrected chi connectivity index (χ2v) is 6.43. The number of aliphatic hydroxyl groups excluding tert-OH is 1. The Kier molecular flexibility index (Phi) is 11.9. The molecule has 0 amide bonds. The topological polar surface area (TPSA) is 93.6 Å². The van der Waals surface area contributed by atoms with Crippen molar-refractivity contribution in [2.24, 2.45) is 4.99 Å². The summed E-state index contributed by atoms with van der Waals surface area (Å²) >= 11 is 0. The average Bonchev–Trinajstić information content (AvgIpc) is 2.79. The quantitative estimate of drug-likeness (QED) is 0.240. The first-order chi connectivity index (χ1) is 14.5. The van der Waals surface area contributed by atoms with Crippen LogP contribution in [0.1, 0.15) is 24.2 Å². The Morgan fingerprint density at radius 2 is 1.55 bits per heavy atom. The fraction of sp³-hybridized carbons (Fsp3) is 0.409. The highest BCUT2D eigenvalue weighted by atomic mass is 127. The van der Waals surface area contributed by atoms with Crippen LogP contribution in [0.4, 0.5) is 0 Å². The molecule has 0 aromatic heterocycles. The maximum Gasteiger partial charge on any atom is 0.191 e. The van der Waals surface area contributed by atoms with Crippen molar-refractivity contribution in [1.82, 2.24) is 10.6 Å². The van der Waals surface area contributed by atoms with Crippen LogP contribution in [-0.4, -0.2) is 52.6 Å². The molecule has 2 aromatic rings. The lowest BCUT2D eigenvalue weighted by Gasteiger charge is -2.17. The number of guanidine groups is 1. The molecule has 0 bridgehead atoms. The fourth-order valence-electron chi connectivity index (χ4n) is 2.82. The van der Waals surface area contributed by atoms with E-state index in [4.69, 9.17) is 18.9 Å². The number of hydrogen-bond acceptors (Lipinski definition) is 6. The van der Waals surface area contributed by atoms with E-state index >= 15 is 0 Å². The molecule has 2 rings (SSSR count). The van der Waals surface area contributed by atoms with E-state index in [1.165, 1.54) is 0 Å². The van der Waals surface area contributed by atoms with Crippen molar-refractivity contribution in [2.45, 2.75) is 19.6 Å². The molecule has 0 spiro atoms. The number of nitrogens with zero attached hydrogens (tertiary/aromatic N) is 1. The maximum absolute atomic E-state index is 10.6. The molecule has 0 fully saturated rings. The minimum atomic E-state index is -0.765. The molecule has 1 atom stereocenters. The molecule has 31 heavy (non-hydrogen) atoms. The van der Waals surface area contributed by atoms with Gasteiger partial charge in [-0.2, -0.15) is 0 Å². The van der Waals surface area contributed by atoms with Crippen LogP contribution in [0.15, 0.2) is 41.4 Å². The Morgan fingerprint density at radius 3 is 2.10 bits per heavy atom. The Bertz CT molecular complexity index is 826. The first-order valence-corrected chi connectivity index (χ1v) is 9.68. The van der Waals surface area contributed by atoms with Crippen molar-refractivity contribution < 1.29 is 24.1 Å². The summed E-state index contributed by atoms with van der Waals surface area (Å²) < 4.78 is 21.1. The molecule has 0 radical (unpaired) electrons. The molecule has 0 saturated heterocycles. The number of aliphatic imine (C=N–C) groups is 1. The molecule has 2 aromatic carbocycles. The second-order valence-electron chi connectivity index (χ2n) is 6.43. The summed E-state index contributed by atoms with van der Waals surface area (Å²) in [5.41, 5.74) is 1.66. The summed E-state index contributed by atoms with van der Waals surface area (Å²) in [4.78, 5) is 4.59. The number of hydrogen-bond donors (Lipinski definition) is 3. The Hall–Kier alpha value is -2.40. The minimum absolute atomic E-state index is 0. The van der Waals surface area contributed by atoms with Crippen LogP contribution < -0.4 is 29.6 Å². The lowest BCUT2D eigenvalue weighted by Crippen LogP contribution is -2.39. The first-order valence-electron chi connectivity index (χ1n) is 9.68. The Labute approximate surface area is 201 Å². The van der Waals surface area contributed by atoms with Gasteiger partial charge in [0.25, 0.3) is 0 Å². The normalized spacial score (nSPS) is 11.7. The molecule has 9 heteroatoms. The lowest BCUT2D eigenvalue weighted by molar-refractivity contribution is 0.180. The van der Waals surface area contributed by atoms with Gasteiger partial charge in [0.1, 0.15) is 11.5 Å². The van der Waals surface area contributed by atoms with Gasteiger partial charge in [-0.05, 0) is 42.3 Å². The SMILES string of the molecule is CCNC(=NCc1ccc(OC)c(OC)c1)NCC(O)c1cc(OC)cc(OC)c1.I. The first kappa shape index (κ1) is 26.6. The van der Waals surface area contributed by atoms with E-state index in [9.17, 15) is 5.11 Å². The third kappa shape index (κ3) is 7.98. The Morgan fingerprint density at radius 1 is 0.903 bits per heavy atom. The molecule has 3 N–H and O–H groups in total. The van der Waals surface area contributed by atoms with Gasteiger partial charge < -0.3 is 34.7 Å². The van der Waals surface area contributed by atoms with Crippen LogP contribution in [0.25, 0.3) is 0 Å². The van der Waals surface area contributed by atoms with Crippen LogP contribution in [0.5, 0.6) is 23.0 Å². The summed E-state index contributed by atoms with van der Waals surface area (Å²) in [6.45, 7) is 3.39. The van der Waals surface area contributed by atoms with Gasteiger partial charge in [0.2, 0.25) is 0 Å². The van der Waals surface area contributed by atoms with Crippen LogP contribution >= 0.6 is 24.0 Å². The van der Waals surface area contributed by atoms with Gasteiger partial charge in [0, 0.05) is 19.2 Å². The summed E-state index contributed by atoms with van der Waals surface area (Å²) in [6, 6.07) is 11.0. The Balaban J connectivity index is 0.00000480. The van der Waals surface area contributed by atoms with Crippen LogP contribution in [0.2, 0.25) is 0 Å². The molecule has 0 aliphatic heterocycles. The van der Waals surface area contributed by atoms with Gasteiger partial charge in [-0.1, -0.05) is 6.07 Å². The van der Waals surface area contributed by atoms with Crippen LogP contribution in [-0.2, 0) is 6.54 Å². The summed E-state index contributed by atoms with van der Waals surface area (Å²) in [7, 11) is 6.36. The highest BCUT2D eigenvalue weighted by Crippen LogP contribution is 2.28. The van der Waals surface area contributed by atoms with E-state index in [0.29, 0.717) is 47.6 Å². The minimum Gasteiger partial charge on any atom is -0.497 e. The van der Waals surface area contributed by atoms with E-state index in [1.807, 2.05) is 25.1 Å². The fourth-order valence-corrected chi connectivity index (χ4v) is 2.82. The van der Waals surface area contributed by atoms with Crippen LogP contribution in [0.3, 0.4) is 0 Å². The number of methoxy groups -OCH3 is 4. The number of benzene rings is 2. The van der Waals surface area contributed by atoms with Crippen molar-refractivity contribution >= 4 is 29.9 Å². The summed E-state index contributed by atoms with van der Waals surface area (Å²) in [5, 5.41) is 16.9. The second kappa shape index (κ2) is 13.8. The third-order valence-corrected chi connectivity index (χ3v) is 4.43. The average molecular weight is 545 g/mol. The van der Waals surface area contributed by atoms with Crippen molar-refractivity contribution in [2.75, 3.05) is 41.5 Å². The van der Waals surface area contributed by atoms with Crippen LogP contribution in [0, 0.1) is 0 Å². The van der Waals surface area contributed by atoms with E-state index < -0.39 is 6.10 Å². The number of ether oxygens (including phenoxy) is 4. The number of nitrogens with one attached hydrogen (secondary N) is 2. The van der Waals surface area contributed by atoms with Gasteiger partial charge in [-0.15, -0.1) is 24.0 Å². The van der Waals surface area contributed by atoms with Gasteiger partial charge in [0.15, 0.2) is 17.5 Å². The summed E-state index contributed by atoms with van der Waals surface area (Å²) in [6.07, 6.45) is -0.765. The molecule has 0 heterocycles. The lowest BCUT2D eigenvalue weighted by atomic mass is 10.1. The van der Waals surface area contributed by atoms with E-state index in [-0.39, 0.29) is 30.5 Å². The predicted octanol–water partition coefficient (Wildman–Crippen LogP) is 3.13. The standard InChI is InChI=1S/C22H31N3O5.HI/c1-6-23-22(24-13-15-7-8-20(29-4)21(9-15)30-5)25-14-19(26)16-10-17(27-2)12-18(11-16)28-3;/h7-12,19,26H,6,13-14H2,1-5H3,(H2,23,24,25);1H. The van der Waals surface area contributed by atoms with Gasteiger partial charge >= 0.3 is 0 Å². The monoisotopic (exact) mass is 545 g/mol. The molecular formula is C22H32IN3O5. The van der Waals surface area contributed by atoms with E-state index in [0.717, 1.165) is 5.56 Å². The molecule has 0 saturated carbocycles. The van der Waals surface area contributed by atoms with Crippen molar-refractivity contribution in [3.63, 3.8) is 0 Å². The van der Waals surface area contributed by atoms with Gasteiger partial charge in [-0.25, -0.2) is 4.99 Å². The zero-order valence-electron chi connectivity index (χ0n) is 18.6. The van der Waals surface area contributed by atoms with Crippen molar-refractivity contribution in [3.05, 3.63) is 47.5 Å². The third-order valence-electron chi connectivity index (χ3n) is 4.43. The van der Waals surface area contributed by atoms with E-state index in [2.05, 4.69) is 15.6 Å². The highest BCUT2D eigenvalue weighted by molar-refractivity contribution is 14.0. The van der Waals surface area contributed by atoms with Gasteiger partial charge in [0.05, 0.1) is 41.1 Å². The summed E-state index contributed by atoms with van der Waals surface area (Å²) in [5.74, 6) is 3.17. The molecule has 0 aliphatic rings. The zero-order valence-corrected chi connectivity index (χ0v) is 20.9. The molecular weight excluding hydrogens is 513 g/mol. The van der Waals surface area contributed by atoms with Crippen molar-refractivity contribution in [1.29, 1.82) is 0 Å². The van der Waals surface area contributed by atoms with E-state index in [1.54, 1.807) is 46.6 Å². The van der Waals surface area contributed by atoms with Gasteiger partial charge in [-0.3, -0.25) is 0 Å². The molecule has 172 valence electrons. The number of rotatable bonds is 10. The number of aliphatic hydroxyl groups is 1. The van der Waals surface area contributed by atoms with Crippen molar-refractivity contribution in [3.8, 4) is 23.0 Å². The predicted molar refractivity (Wildman–Crippen MR) is 132 cm³/mol. The zero-order chi connectivity index (χ0) is 21.9. The molecule has 8 nitrogen and oxygen atoms in total. The number of halogens is 1. The maximum atomic E-state index is 10.6.